The molecule has 2 aromatic rings. The van der Waals surface area contributed by atoms with Gasteiger partial charge in [0, 0.05) is 12.1 Å². The molecule has 0 aliphatic rings. The number of hydrogen-bond acceptors (Lipinski definition) is 5. The van der Waals surface area contributed by atoms with Crippen LogP contribution in [0.25, 0.3) is 0 Å². The predicted molar refractivity (Wildman–Crippen MR) is 98.7 cm³/mol. The Bertz CT molecular complexity index is 921. The largest absolute Gasteiger partial charge is 0.465 e. The zero-order valence-corrected chi connectivity index (χ0v) is 15.5. The summed E-state index contributed by atoms with van der Waals surface area (Å²) in [5.74, 6) is -0.705. The highest BCUT2D eigenvalue weighted by atomic mass is 32.2. The lowest BCUT2D eigenvalue weighted by Crippen LogP contribution is -2.16. The Morgan fingerprint density at radius 3 is 2.23 bits per heavy atom. The van der Waals surface area contributed by atoms with Crippen LogP contribution < -0.4 is 10.0 Å². The van der Waals surface area contributed by atoms with Gasteiger partial charge in [-0.05, 0) is 48.9 Å². The molecular formula is C18H20N2O5S. The predicted octanol–water partition coefficient (Wildman–Crippen LogP) is 2.93. The average molecular weight is 376 g/mol. The van der Waals surface area contributed by atoms with E-state index in [1.54, 1.807) is 32.0 Å². The number of nitrogens with one attached hydrogen (secondary N) is 2. The van der Waals surface area contributed by atoms with Crippen LogP contribution in [-0.4, -0.2) is 27.4 Å². The van der Waals surface area contributed by atoms with Gasteiger partial charge in [-0.2, -0.15) is 0 Å². The van der Waals surface area contributed by atoms with E-state index in [0.29, 0.717) is 23.4 Å². The number of rotatable bonds is 6. The van der Waals surface area contributed by atoms with Crippen LogP contribution in [0.5, 0.6) is 0 Å². The van der Waals surface area contributed by atoms with Crippen molar-refractivity contribution in [1.82, 2.24) is 0 Å². The molecule has 0 atom stereocenters. The molecule has 7 nitrogen and oxygen atoms in total. The van der Waals surface area contributed by atoms with Crippen LogP contribution in [0.2, 0.25) is 0 Å². The number of carbonyl (C=O) groups excluding carboxylic acids is 2. The summed E-state index contributed by atoms with van der Waals surface area (Å²) in [6.07, 6.45) is 0.321. The Morgan fingerprint density at radius 2 is 1.65 bits per heavy atom. The van der Waals surface area contributed by atoms with Crippen molar-refractivity contribution in [2.75, 3.05) is 17.1 Å². The first-order valence-corrected chi connectivity index (χ1v) is 9.37. The molecule has 2 rings (SSSR count). The molecule has 0 aliphatic carbocycles. The van der Waals surface area contributed by atoms with Crippen molar-refractivity contribution < 1.29 is 22.7 Å². The Hall–Kier alpha value is -2.87. The van der Waals surface area contributed by atoms with Crippen LogP contribution in [0.15, 0.2) is 47.4 Å². The maximum atomic E-state index is 12.6. The van der Waals surface area contributed by atoms with Crippen molar-refractivity contribution >= 4 is 33.3 Å². The first-order valence-electron chi connectivity index (χ1n) is 7.89. The molecule has 26 heavy (non-hydrogen) atoms. The molecule has 0 spiro atoms. The number of ether oxygens (including phenoxy) is 1. The van der Waals surface area contributed by atoms with Gasteiger partial charge in [0.25, 0.3) is 10.0 Å². The van der Waals surface area contributed by atoms with Gasteiger partial charge >= 0.3 is 5.97 Å². The minimum absolute atomic E-state index is 0.00699. The minimum atomic E-state index is -3.85. The summed E-state index contributed by atoms with van der Waals surface area (Å²) < 4.78 is 32.2. The molecule has 0 heterocycles. The zero-order chi connectivity index (χ0) is 19.3. The van der Waals surface area contributed by atoms with Gasteiger partial charge < -0.3 is 10.1 Å². The number of esters is 1. The third kappa shape index (κ3) is 4.40. The standard InChI is InChI=1S/C18H20N2O5S/c1-4-17(21)19-15-6-5-7-16(12(15)2)20-26(23,24)14-10-8-13(9-11-14)18(22)25-3/h5-11,20H,4H2,1-3H3,(H,19,21). The highest BCUT2D eigenvalue weighted by molar-refractivity contribution is 7.92. The SMILES string of the molecule is CCC(=O)Nc1cccc(NS(=O)(=O)c2ccc(C(=O)OC)cc2)c1C. The van der Waals surface area contributed by atoms with Gasteiger partial charge in [-0.15, -0.1) is 0 Å². The maximum Gasteiger partial charge on any atom is 0.337 e. The lowest BCUT2D eigenvalue weighted by molar-refractivity contribution is -0.115. The van der Waals surface area contributed by atoms with Crippen molar-refractivity contribution in [3.8, 4) is 0 Å². The lowest BCUT2D eigenvalue weighted by Gasteiger charge is -2.14. The fourth-order valence-corrected chi connectivity index (χ4v) is 3.33. The zero-order valence-electron chi connectivity index (χ0n) is 14.7. The Kier molecular flexibility index (Phi) is 5.99. The summed E-state index contributed by atoms with van der Waals surface area (Å²) >= 11 is 0. The Balaban J connectivity index is 2.28. The van der Waals surface area contributed by atoms with Crippen LogP contribution in [0.4, 0.5) is 11.4 Å². The van der Waals surface area contributed by atoms with Crippen LogP contribution in [-0.2, 0) is 19.6 Å². The fraction of sp³-hybridized carbons (Fsp3) is 0.222. The number of amides is 1. The third-order valence-electron chi connectivity index (χ3n) is 3.76. The van der Waals surface area contributed by atoms with Crippen molar-refractivity contribution in [2.24, 2.45) is 0 Å². The van der Waals surface area contributed by atoms with Crippen LogP contribution in [0, 0.1) is 6.92 Å². The van der Waals surface area contributed by atoms with Gasteiger partial charge in [0.05, 0.1) is 23.3 Å². The molecule has 8 heteroatoms. The molecule has 2 N–H and O–H groups in total. The molecule has 0 unspecified atom stereocenters. The van der Waals surface area contributed by atoms with E-state index in [1.165, 1.54) is 31.4 Å². The van der Waals surface area contributed by atoms with E-state index in [0.717, 1.165) is 0 Å². The highest BCUT2D eigenvalue weighted by Crippen LogP contribution is 2.26. The molecule has 1 amide bonds. The number of hydrogen-bond donors (Lipinski definition) is 2. The van der Waals surface area contributed by atoms with E-state index in [4.69, 9.17) is 0 Å². The number of methoxy groups -OCH3 is 1. The molecule has 138 valence electrons. The molecule has 0 saturated carbocycles. The summed E-state index contributed by atoms with van der Waals surface area (Å²) in [4.78, 5) is 23.0. The molecule has 0 radical (unpaired) electrons. The van der Waals surface area contributed by atoms with E-state index in [-0.39, 0.29) is 16.4 Å². The number of benzene rings is 2. The summed E-state index contributed by atoms with van der Waals surface area (Å²) in [6, 6.07) is 10.4. The Labute approximate surface area is 152 Å². The monoisotopic (exact) mass is 376 g/mol. The van der Waals surface area contributed by atoms with Gasteiger partial charge in [0.2, 0.25) is 5.91 Å². The summed E-state index contributed by atoms with van der Waals surface area (Å²) in [5.41, 5.74) is 1.75. The Morgan fingerprint density at radius 1 is 1.04 bits per heavy atom. The maximum absolute atomic E-state index is 12.6. The molecule has 0 aliphatic heterocycles. The number of sulfonamides is 1. The average Bonchev–Trinajstić information content (AvgIpc) is 2.64. The van der Waals surface area contributed by atoms with Crippen LogP contribution in [0.1, 0.15) is 29.3 Å². The summed E-state index contributed by atoms with van der Waals surface area (Å²) in [6.45, 7) is 3.44. The fourth-order valence-electron chi connectivity index (χ4n) is 2.21. The molecule has 0 saturated heterocycles. The smallest absolute Gasteiger partial charge is 0.337 e. The van der Waals surface area contributed by atoms with Crippen molar-refractivity contribution in [2.45, 2.75) is 25.2 Å². The summed E-state index contributed by atoms with van der Waals surface area (Å²) in [5, 5.41) is 2.73. The minimum Gasteiger partial charge on any atom is -0.465 e. The second kappa shape index (κ2) is 8.01. The second-order valence-electron chi connectivity index (χ2n) is 5.50. The second-order valence-corrected chi connectivity index (χ2v) is 7.18. The number of carbonyl (C=O) groups is 2. The van der Waals surface area contributed by atoms with E-state index in [1.807, 2.05) is 0 Å². The van der Waals surface area contributed by atoms with E-state index < -0.39 is 16.0 Å². The molecular weight excluding hydrogens is 356 g/mol. The molecule has 0 aromatic heterocycles. The lowest BCUT2D eigenvalue weighted by atomic mass is 10.1. The van der Waals surface area contributed by atoms with Gasteiger partial charge in [-0.3, -0.25) is 9.52 Å². The van der Waals surface area contributed by atoms with Gasteiger partial charge in [0.15, 0.2) is 0 Å². The first-order chi connectivity index (χ1) is 12.3. The van der Waals surface area contributed by atoms with E-state index in [2.05, 4.69) is 14.8 Å². The van der Waals surface area contributed by atoms with Crippen LogP contribution >= 0.6 is 0 Å². The first kappa shape index (κ1) is 19.5. The van der Waals surface area contributed by atoms with Crippen molar-refractivity contribution in [3.63, 3.8) is 0 Å². The third-order valence-corrected chi connectivity index (χ3v) is 5.14. The van der Waals surface area contributed by atoms with E-state index >= 15 is 0 Å². The summed E-state index contributed by atoms with van der Waals surface area (Å²) in [7, 11) is -2.60. The van der Waals surface area contributed by atoms with Gasteiger partial charge in [0.1, 0.15) is 0 Å². The topological polar surface area (TPSA) is 102 Å². The van der Waals surface area contributed by atoms with Crippen LogP contribution in [0.3, 0.4) is 0 Å². The van der Waals surface area contributed by atoms with Crippen molar-refractivity contribution in [1.29, 1.82) is 0 Å². The normalized spacial score (nSPS) is 10.9. The highest BCUT2D eigenvalue weighted by Gasteiger charge is 2.17. The van der Waals surface area contributed by atoms with E-state index in [9.17, 15) is 18.0 Å². The van der Waals surface area contributed by atoms with Gasteiger partial charge in [-0.25, -0.2) is 13.2 Å². The molecule has 0 bridgehead atoms. The number of anilines is 2. The molecule has 0 fully saturated rings. The van der Waals surface area contributed by atoms with Gasteiger partial charge in [-0.1, -0.05) is 13.0 Å². The quantitative estimate of drug-likeness (QED) is 0.755. The molecule has 2 aromatic carbocycles. The van der Waals surface area contributed by atoms with Crippen molar-refractivity contribution in [3.05, 3.63) is 53.6 Å².